The summed E-state index contributed by atoms with van der Waals surface area (Å²) in [7, 11) is 6.44. The number of amides is 2. The maximum atomic E-state index is 12.4. The minimum Gasteiger partial charge on any atom is -0.495 e. The minimum atomic E-state index is -0.550. The van der Waals surface area contributed by atoms with Crippen LogP contribution in [-0.2, 0) is 9.59 Å². The summed E-state index contributed by atoms with van der Waals surface area (Å²) in [6, 6.07) is 3.43. The van der Waals surface area contributed by atoms with Crippen molar-refractivity contribution in [3.05, 3.63) is 28.3 Å². The second-order valence-corrected chi connectivity index (χ2v) is 5.66. The van der Waals surface area contributed by atoms with Gasteiger partial charge in [-0.1, -0.05) is 0 Å². The molecule has 1 rings (SSSR count). The number of ether oxygens (including phenoxy) is 1. The summed E-state index contributed by atoms with van der Waals surface area (Å²) >= 11 is 0. The van der Waals surface area contributed by atoms with E-state index < -0.39 is 11.0 Å². The fourth-order valence-electron chi connectivity index (χ4n) is 1.92. The van der Waals surface area contributed by atoms with Crippen LogP contribution in [0.1, 0.15) is 6.92 Å². The number of likely N-dealkylation sites (N-methyl/N-ethyl adjacent to an activating group) is 2. The topological polar surface area (TPSA) is 106 Å². The fraction of sp³-hybridized carbons (Fsp3) is 0.467. The molecule has 2 N–H and O–H groups in total. The molecule has 24 heavy (non-hydrogen) atoms. The standard InChI is InChI=1S/C15H22N4O5/c1-10(18(4)9-14(20)17(2)3)15(21)16-12-8-11(19(22)23)6-7-13(12)24-5/h6-8,10H,9H2,1-5H3,(H,16,21)/p+1/t10-/m0/s1. The van der Waals surface area contributed by atoms with Gasteiger partial charge in [-0.25, -0.2) is 0 Å². The third-order valence-corrected chi connectivity index (χ3v) is 3.71. The van der Waals surface area contributed by atoms with Gasteiger partial charge < -0.3 is 19.9 Å². The molecular formula is C15H23N4O5+. The summed E-state index contributed by atoms with van der Waals surface area (Å²) in [5, 5.41) is 13.5. The quantitative estimate of drug-likeness (QED) is 0.516. The zero-order valence-electron chi connectivity index (χ0n) is 14.5. The maximum Gasteiger partial charge on any atom is 0.282 e. The largest absolute Gasteiger partial charge is 0.495 e. The van der Waals surface area contributed by atoms with E-state index in [0.29, 0.717) is 10.6 Å². The lowest BCUT2D eigenvalue weighted by Gasteiger charge is -2.22. The zero-order valence-corrected chi connectivity index (χ0v) is 14.5. The molecule has 2 amide bonds. The van der Waals surface area contributed by atoms with Gasteiger partial charge >= 0.3 is 0 Å². The number of methoxy groups -OCH3 is 1. The number of anilines is 1. The van der Waals surface area contributed by atoms with Gasteiger partial charge in [0.05, 0.1) is 24.8 Å². The molecule has 0 aliphatic rings. The van der Waals surface area contributed by atoms with Crippen LogP contribution in [-0.4, -0.2) is 62.5 Å². The Morgan fingerprint density at radius 3 is 2.54 bits per heavy atom. The SMILES string of the molecule is COc1ccc([N+](=O)[O-])cc1NC(=O)[C@H](C)[NH+](C)CC(=O)N(C)C. The number of carbonyl (C=O) groups excluding carboxylic acids is 2. The number of nitro groups is 1. The Morgan fingerprint density at radius 2 is 2.04 bits per heavy atom. The Hall–Kier alpha value is -2.68. The summed E-state index contributed by atoms with van der Waals surface area (Å²) in [5.41, 5.74) is 0.0672. The Morgan fingerprint density at radius 1 is 1.42 bits per heavy atom. The van der Waals surface area contributed by atoms with Crippen molar-refractivity contribution in [2.45, 2.75) is 13.0 Å². The number of rotatable bonds is 7. The highest BCUT2D eigenvalue weighted by Crippen LogP contribution is 2.28. The van der Waals surface area contributed by atoms with Crippen LogP contribution in [0, 0.1) is 10.1 Å². The van der Waals surface area contributed by atoms with Crippen molar-refractivity contribution in [1.29, 1.82) is 0 Å². The van der Waals surface area contributed by atoms with Crippen LogP contribution < -0.4 is 15.0 Å². The van der Waals surface area contributed by atoms with Crippen molar-refractivity contribution in [3.8, 4) is 5.75 Å². The molecule has 9 nitrogen and oxygen atoms in total. The van der Waals surface area contributed by atoms with E-state index in [1.807, 2.05) is 0 Å². The van der Waals surface area contributed by atoms with Gasteiger partial charge in [-0.05, 0) is 13.0 Å². The number of hydrogen-bond acceptors (Lipinski definition) is 5. The molecule has 0 bridgehead atoms. The van der Waals surface area contributed by atoms with Crippen molar-refractivity contribution in [2.75, 3.05) is 40.1 Å². The van der Waals surface area contributed by atoms with Crippen LogP contribution in [0.4, 0.5) is 11.4 Å². The van der Waals surface area contributed by atoms with Gasteiger partial charge in [0.25, 0.3) is 17.5 Å². The monoisotopic (exact) mass is 339 g/mol. The van der Waals surface area contributed by atoms with Gasteiger partial charge in [-0.2, -0.15) is 0 Å². The molecule has 0 spiro atoms. The van der Waals surface area contributed by atoms with Gasteiger partial charge in [0, 0.05) is 26.2 Å². The highest BCUT2D eigenvalue weighted by molar-refractivity contribution is 5.95. The Balaban J connectivity index is 2.88. The normalized spacial score (nSPS) is 12.9. The average Bonchev–Trinajstić information content (AvgIpc) is 2.53. The molecule has 0 aliphatic heterocycles. The predicted octanol–water partition coefficient (Wildman–Crippen LogP) is -0.467. The van der Waals surface area contributed by atoms with E-state index in [9.17, 15) is 19.7 Å². The smallest absolute Gasteiger partial charge is 0.282 e. The second-order valence-electron chi connectivity index (χ2n) is 5.66. The van der Waals surface area contributed by atoms with E-state index in [1.54, 1.807) is 28.1 Å². The van der Waals surface area contributed by atoms with E-state index in [4.69, 9.17) is 4.74 Å². The number of quaternary nitrogens is 1. The van der Waals surface area contributed by atoms with E-state index in [1.165, 1.54) is 30.2 Å². The van der Waals surface area contributed by atoms with Gasteiger partial charge in [-0.3, -0.25) is 19.7 Å². The van der Waals surface area contributed by atoms with Gasteiger partial charge in [0.15, 0.2) is 12.6 Å². The highest BCUT2D eigenvalue weighted by Gasteiger charge is 2.25. The van der Waals surface area contributed by atoms with Crippen molar-refractivity contribution < 1.29 is 24.1 Å². The zero-order chi connectivity index (χ0) is 18.4. The lowest BCUT2D eigenvalue weighted by molar-refractivity contribution is -0.886. The Labute approximate surface area is 140 Å². The van der Waals surface area contributed by atoms with Crippen LogP contribution in [0.15, 0.2) is 18.2 Å². The first-order chi connectivity index (χ1) is 11.2. The van der Waals surface area contributed by atoms with Crippen LogP contribution in [0.5, 0.6) is 5.75 Å². The van der Waals surface area contributed by atoms with Crippen molar-refractivity contribution in [1.82, 2.24) is 4.90 Å². The molecule has 0 aromatic heterocycles. The number of hydrogen-bond donors (Lipinski definition) is 2. The van der Waals surface area contributed by atoms with Crippen LogP contribution in [0.25, 0.3) is 0 Å². The molecule has 0 heterocycles. The van der Waals surface area contributed by atoms with Gasteiger partial charge in [-0.15, -0.1) is 0 Å². The first kappa shape index (κ1) is 19.4. The number of benzene rings is 1. The van der Waals surface area contributed by atoms with Crippen LogP contribution in [0.3, 0.4) is 0 Å². The second kappa shape index (κ2) is 8.25. The highest BCUT2D eigenvalue weighted by atomic mass is 16.6. The number of carbonyl (C=O) groups is 2. The lowest BCUT2D eigenvalue weighted by atomic mass is 10.2. The third-order valence-electron chi connectivity index (χ3n) is 3.71. The molecule has 132 valence electrons. The minimum absolute atomic E-state index is 0.0971. The van der Waals surface area contributed by atoms with Crippen molar-refractivity contribution in [2.24, 2.45) is 0 Å². The van der Waals surface area contributed by atoms with E-state index in [-0.39, 0.29) is 29.7 Å². The molecule has 0 aliphatic carbocycles. The average molecular weight is 339 g/mol. The van der Waals surface area contributed by atoms with E-state index in [0.717, 1.165) is 0 Å². The first-order valence-electron chi connectivity index (χ1n) is 7.33. The molecule has 2 atom stereocenters. The first-order valence-corrected chi connectivity index (χ1v) is 7.33. The molecular weight excluding hydrogens is 316 g/mol. The Bertz CT molecular complexity index is 632. The van der Waals surface area contributed by atoms with Crippen molar-refractivity contribution >= 4 is 23.2 Å². The van der Waals surface area contributed by atoms with Crippen LogP contribution in [0.2, 0.25) is 0 Å². The van der Waals surface area contributed by atoms with Gasteiger partial charge in [0.2, 0.25) is 0 Å². The molecule has 0 saturated carbocycles. The van der Waals surface area contributed by atoms with Gasteiger partial charge in [0.1, 0.15) is 5.75 Å². The maximum absolute atomic E-state index is 12.4. The molecule has 1 aromatic rings. The predicted molar refractivity (Wildman–Crippen MR) is 88.2 cm³/mol. The third kappa shape index (κ3) is 4.92. The molecule has 9 heteroatoms. The molecule has 0 fully saturated rings. The summed E-state index contributed by atoms with van der Waals surface area (Å²) < 4.78 is 5.11. The van der Waals surface area contributed by atoms with Crippen molar-refractivity contribution in [3.63, 3.8) is 0 Å². The van der Waals surface area contributed by atoms with E-state index >= 15 is 0 Å². The number of non-ortho nitro benzene ring substituents is 1. The summed E-state index contributed by atoms with van der Waals surface area (Å²) in [5.74, 6) is -0.138. The fourth-order valence-corrected chi connectivity index (χ4v) is 1.92. The summed E-state index contributed by atoms with van der Waals surface area (Å²) in [4.78, 5) is 36.6. The van der Waals surface area contributed by atoms with Crippen LogP contribution >= 0.6 is 0 Å². The Kier molecular flexibility index (Phi) is 6.66. The summed E-state index contributed by atoms with van der Waals surface area (Å²) in [6.45, 7) is 1.84. The molecule has 0 radical (unpaired) electrons. The molecule has 1 aromatic carbocycles. The number of nitrogens with one attached hydrogen (secondary N) is 2. The van der Waals surface area contributed by atoms with E-state index in [2.05, 4.69) is 5.32 Å². The number of nitro benzene ring substituents is 1. The molecule has 1 unspecified atom stereocenters. The lowest BCUT2D eigenvalue weighted by Crippen LogP contribution is -3.15. The number of nitrogens with zero attached hydrogens (tertiary/aromatic N) is 2. The molecule has 0 saturated heterocycles. The summed E-state index contributed by atoms with van der Waals surface area (Å²) in [6.07, 6.45) is 0.